The van der Waals surface area contributed by atoms with Crippen LogP contribution in [0.1, 0.15) is 5.56 Å². The molecule has 0 radical (unpaired) electrons. The number of nitrogens with two attached hydrogens (primary N) is 1. The van der Waals surface area contributed by atoms with Crippen molar-refractivity contribution >= 4 is 28.8 Å². The average Bonchev–Trinajstić information content (AvgIpc) is 2.70. The van der Waals surface area contributed by atoms with E-state index < -0.39 is 0 Å². The highest BCUT2D eigenvalue weighted by Crippen LogP contribution is 2.32. The molecule has 1 aromatic heterocycles. The van der Waals surface area contributed by atoms with E-state index in [0.29, 0.717) is 22.4 Å². The van der Waals surface area contributed by atoms with Crippen molar-refractivity contribution in [2.24, 2.45) is 7.05 Å². The molecule has 3 N–H and O–H groups in total. The van der Waals surface area contributed by atoms with Gasteiger partial charge in [-0.2, -0.15) is 5.10 Å². The van der Waals surface area contributed by atoms with Gasteiger partial charge in [0.25, 0.3) is 0 Å². The van der Waals surface area contributed by atoms with Crippen LogP contribution < -0.4 is 15.8 Å². The van der Waals surface area contributed by atoms with Crippen LogP contribution in [-0.2, 0) is 7.05 Å². The highest BCUT2D eigenvalue weighted by molar-refractivity contribution is 6.32. The number of methoxy groups -OCH3 is 1. The van der Waals surface area contributed by atoms with Gasteiger partial charge in [0.15, 0.2) is 5.82 Å². The zero-order valence-corrected chi connectivity index (χ0v) is 11.2. The fourth-order valence-corrected chi connectivity index (χ4v) is 1.86. The van der Waals surface area contributed by atoms with E-state index >= 15 is 0 Å². The second-order valence-electron chi connectivity index (χ2n) is 3.96. The minimum absolute atomic E-state index is 0.626. The van der Waals surface area contributed by atoms with E-state index in [0.717, 1.165) is 11.3 Å². The van der Waals surface area contributed by atoms with Crippen LogP contribution in [0.15, 0.2) is 18.2 Å². The smallest absolute Gasteiger partial charge is 0.213 e. The standard InChI is InChI=1S/C12H15ClN4O/c1-7-8(13)4-5-9(14)12(7)15-10-6-11(18-3)17(2)16-10/h4-6H,14H2,1-3H3,(H,15,16). The fourth-order valence-electron chi connectivity index (χ4n) is 1.70. The predicted molar refractivity (Wildman–Crippen MR) is 73.6 cm³/mol. The Morgan fingerprint density at radius 2 is 2.17 bits per heavy atom. The number of ether oxygens (including phenoxy) is 1. The highest BCUT2D eigenvalue weighted by Gasteiger charge is 2.10. The van der Waals surface area contributed by atoms with E-state index in [4.69, 9.17) is 22.1 Å². The maximum absolute atomic E-state index is 6.07. The molecule has 18 heavy (non-hydrogen) atoms. The van der Waals surface area contributed by atoms with Crippen molar-refractivity contribution in [2.75, 3.05) is 18.2 Å². The number of aromatic nitrogens is 2. The number of nitrogens with one attached hydrogen (secondary N) is 1. The monoisotopic (exact) mass is 266 g/mol. The Balaban J connectivity index is 2.36. The van der Waals surface area contributed by atoms with Gasteiger partial charge in [-0.05, 0) is 24.6 Å². The normalized spacial score (nSPS) is 10.4. The lowest BCUT2D eigenvalue weighted by molar-refractivity contribution is 0.373. The zero-order chi connectivity index (χ0) is 13.3. The lowest BCUT2D eigenvalue weighted by Crippen LogP contribution is -2.00. The van der Waals surface area contributed by atoms with Crippen LogP contribution in [0.2, 0.25) is 5.02 Å². The third-order valence-electron chi connectivity index (χ3n) is 2.73. The average molecular weight is 267 g/mol. The predicted octanol–water partition coefficient (Wildman–Crippen LogP) is 2.72. The summed E-state index contributed by atoms with van der Waals surface area (Å²) in [5.41, 5.74) is 8.21. The van der Waals surface area contributed by atoms with E-state index in [1.807, 2.05) is 6.92 Å². The van der Waals surface area contributed by atoms with Crippen molar-refractivity contribution in [3.8, 4) is 5.88 Å². The summed E-state index contributed by atoms with van der Waals surface area (Å²) in [5, 5.41) is 8.09. The summed E-state index contributed by atoms with van der Waals surface area (Å²) in [6.45, 7) is 1.90. The first-order valence-electron chi connectivity index (χ1n) is 5.42. The lowest BCUT2D eigenvalue weighted by Gasteiger charge is -2.11. The van der Waals surface area contributed by atoms with Gasteiger partial charge in [-0.1, -0.05) is 11.6 Å². The Kier molecular flexibility index (Phi) is 3.34. The maximum Gasteiger partial charge on any atom is 0.213 e. The number of nitrogens with zero attached hydrogens (tertiary/aromatic N) is 2. The second kappa shape index (κ2) is 4.78. The van der Waals surface area contributed by atoms with Crippen LogP contribution in [0.3, 0.4) is 0 Å². The number of hydrogen-bond donors (Lipinski definition) is 2. The molecule has 1 aromatic carbocycles. The lowest BCUT2D eigenvalue weighted by atomic mass is 10.1. The molecule has 0 saturated carbocycles. The van der Waals surface area contributed by atoms with Gasteiger partial charge in [0.05, 0.1) is 18.5 Å². The molecule has 96 valence electrons. The van der Waals surface area contributed by atoms with Gasteiger partial charge in [0.1, 0.15) is 0 Å². The Bertz CT molecular complexity index is 580. The molecule has 0 atom stereocenters. The fraction of sp³-hybridized carbons (Fsp3) is 0.250. The molecular formula is C12H15ClN4O. The SMILES string of the molecule is COc1cc(Nc2c(N)ccc(Cl)c2C)nn1C. The third kappa shape index (κ3) is 2.22. The molecule has 0 aliphatic heterocycles. The summed E-state index contributed by atoms with van der Waals surface area (Å²) in [5.74, 6) is 1.32. The molecule has 0 saturated heterocycles. The van der Waals surface area contributed by atoms with E-state index in [2.05, 4.69) is 10.4 Å². The van der Waals surface area contributed by atoms with Crippen LogP contribution in [0, 0.1) is 6.92 Å². The number of nitrogen functional groups attached to an aromatic ring is 1. The van der Waals surface area contributed by atoms with Crippen LogP contribution in [0.5, 0.6) is 5.88 Å². The second-order valence-corrected chi connectivity index (χ2v) is 4.36. The molecule has 0 unspecified atom stereocenters. The van der Waals surface area contributed by atoms with E-state index in [1.165, 1.54) is 0 Å². The van der Waals surface area contributed by atoms with Crippen molar-refractivity contribution in [3.05, 3.63) is 28.8 Å². The van der Waals surface area contributed by atoms with Gasteiger partial charge in [-0.3, -0.25) is 0 Å². The number of hydrogen-bond acceptors (Lipinski definition) is 4. The van der Waals surface area contributed by atoms with Crippen molar-refractivity contribution in [1.29, 1.82) is 0 Å². The van der Waals surface area contributed by atoms with E-state index in [-0.39, 0.29) is 0 Å². The Labute approximate surface area is 110 Å². The summed E-state index contributed by atoms with van der Waals surface area (Å²) < 4.78 is 6.79. The molecule has 6 heteroatoms. The molecule has 0 bridgehead atoms. The van der Waals surface area contributed by atoms with Gasteiger partial charge in [-0.15, -0.1) is 0 Å². The van der Waals surface area contributed by atoms with Gasteiger partial charge >= 0.3 is 0 Å². The topological polar surface area (TPSA) is 65.1 Å². The van der Waals surface area contributed by atoms with Crippen molar-refractivity contribution in [1.82, 2.24) is 9.78 Å². The molecule has 0 aliphatic rings. The number of rotatable bonds is 3. The van der Waals surface area contributed by atoms with Crippen molar-refractivity contribution in [3.63, 3.8) is 0 Å². The molecule has 0 amide bonds. The van der Waals surface area contributed by atoms with Crippen molar-refractivity contribution < 1.29 is 4.74 Å². The molecule has 0 aliphatic carbocycles. The minimum atomic E-state index is 0.626. The number of benzene rings is 1. The number of aryl methyl sites for hydroxylation is 1. The molecule has 5 nitrogen and oxygen atoms in total. The van der Waals surface area contributed by atoms with Crippen LogP contribution in [0.4, 0.5) is 17.2 Å². The minimum Gasteiger partial charge on any atom is -0.481 e. The zero-order valence-electron chi connectivity index (χ0n) is 10.5. The summed E-state index contributed by atoms with van der Waals surface area (Å²) in [7, 11) is 3.40. The van der Waals surface area contributed by atoms with Gasteiger partial charge in [0, 0.05) is 18.1 Å². The van der Waals surface area contributed by atoms with Crippen LogP contribution >= 0.6 is 11.6 Å². The van der Waals surface area contributed by atoms with E-state index in [1.54, 1.807) is 37.0 Å². The molecule has 1 heterocycles. The third-order valence-corrected chi connectivity index (χ3v) is 3.14. The Hall–Kier alpha value is -1.88. The number of anilines is 3. The quantitative estimate of drug-likeness (QED) is 0.839. The Morgan fingerprint density at radius 3 is 2.78 bits per heavy atom. The molecule has 2 aromatic rings. The first-order chi connectivity index (χ1) is 8.52. The summed E-state index contributed by atoms with van der Waals surface area (Å²) >= 11 is 6.07. The van der Waals surface area contributed by atoms with Gasteiger partial charge in [0.2, 0.25) is 5.88 Å². The summed E-state index contributed by atoms with van der Waals surface area (Å²) in [6, 6.07) is 5.33. The van der Waals surface area contributed by atoms with Gasteiger partial charge < -0.3 is 15.8 Å². The highest BCUT2D eigenvalue weighted by atomic mass is 35.5. The van der Waals surface area contributed by atoms with Crippen LogP contribution in [0.25, 0.3) is 0 Å². The largest absolute Gasteiger partial charge is 0.481 e. The molecular weight excluding hydrogens is 252 g/mol. The van der Waals surface area contributed by atoms with Crippen LogP contribution in [-0.4, -0.2) is 16.9 Å². The van der Waals surface area contributed by atoms with E-state index in [9.17, 15) is 0 Å². The summed E-state index contributed by atoms with van der Waals surface area (Å²) in [6.07, 6.45) is 0. The summed E-state index contributed by atoms with van der Waals surface area (Å²) in [4.78, 5) is 0. The molecule has 0 spiro atoms. The van der Waals surface area contributed by atoms with Crippen molar-refractivity contribution in [2.45, 2.75) is 6.92 Å². The van der Waals surface area contributed by atoms with Gasteiger partial charge in [-0.25, -0.2) is 4.68 Å². The first-order valence-corrected chi connectivity index (χ1v) is 5.80. The Morgan fingerprint density at radius 1 is 1.44 bits per heavy atom. The maximum atomic E-state index is 6.07. The molecule has 0 fully saturated rings. The molecule has 2 rings (SSSR count). The first kappa shape index (κ1) is 12.6. The number of halogens is 1.